The molecule has 0 saturated carbocycles. The average Bonchev–Trinajstić information content (AvgIpc) is 3.13. The Hall–Kier alpha value is -2.28. The van der Waals surface area contributed by atoms with Crippen LogP contribution in [0.2, 0.25) is 0 Å². The number of carbonyl (C=O) groups excluding carboxylic acids is 1. The number of ether oxygens (including phenoxy) is 2. The van der Waals surface area contributed by atoms with Crippen molar-refractivity contribution in [3.8, 4) is 11.6 Å². The lowest BCUT2D eigenvalue weighted by atomic mass is 10.2. The first-order valence-corrected chi connectivity index (χ1v) is 9.24. The summed E-state index contributed by atoms with van der Waals surface area (Å²) in [6.07, 6.45) is 2.69. The lowest BCUT2D eigenvalue weighted by Crippen LogP contribution is -2.29. The van der Waals surface area contributed by atoms with Gasteiger partial charge in [-0.15, -0.1) is 0 Å². The number of benzene rings is 1. The van der Waals surface area contributed by atoms with Crippen molar-refractivity contribution in [2.45, 2.75) is 12.5 Å². The van der Waals surface area contributed by atoms with Gasteiger partial charge in [0.25, 0.3) is 5.91 Å². The van der Waals surface area contributed by atoms with Crippen molar-refractivity contribution < 1.29 is 18.7 Å². The number of aromatic nitrogens is 1. The number of hydrogen-bond acceptors (Lipinski definition) is 5. The second-order valence-corrected chi connectivity index (χ2v) is 6.67. The second-order valence-electron chi connectivity index (χ2n) is 5.52. The minimum Gasteiger partial charge on any atom is -0.492 e. The van der Waals surface area contributed by atoms with Crippen LogP contribution in [0.1, 0.15) is 16.8 Å². The summed E-state index contributed by atoms with van der Waals surface area (Å²) >= 11 is 1.84. The van der Waals surface area contributed by atoms with Crippen LogP contribution in [0.5, 0.6) is 11.6 Å². The van der Waals surface area contributed by atoms with E-state index in [1.165, 1.54) is 12.1 Å². The van der Waals surface area contributed by atoms with E-state index in [9.17, 15) is 9.18 Å². The maximum absolute atomic E-state index is 12.8. The van der Waals surface area contributed by atoms with Gasteiger partial charge in [0.2, 0.25) is 5.88 Å². The van der Waals surface area contributed by atoms with Gasteiger partial charge in [-0.25, -0.2) is 9.37 Å². The first kappa shape index (κ1) is 17.5. The monoisotopic (exact) mass is 362 g/mol. The normalized spacial score (nSPS) is 16.4. The van der Waals surface area contributed by atoms with Crippen molar-refractivity contribution in [2.75, 3.05) is 24.7 Å². The van der Waals surface area contributed by atoms with Gasteiger partial charge >= 0.3 is 0 Å². The molecular weight excluding hydrogens is 343 g/mol. The Morgan fingerprint density at radius 3 is 2.92 bits per heavy atom. The van der Waals surface area contributed by atoms with E-state index in [-0.39, 0.29) is 24.4 Å². The van der Waals surface area contributed by atoms with Crippen LogP contribution in [0.15, 0.2) is 42.6 Å². The lowest BCUT2D eigenvalue weighted by molar-refractivity contribution is 0.0939. The van der Waals surface area contributed by atoms with Gasteiger partial charge in [0, 0.05) is 11.9 Å². The van der Waals surface area contributed by atoms with Crippen LogP contribution >= 0.6 is 11.8 Å². The minimum absolute atomic E-state index is 0.105. The van der Waals surface area contributed by atoms with Crippen molar-refractivity contribution in [1.82, 2.24) is 10.3 Å². The summed E-state index contributed by atoms with van der Waals surface area (Å²) < 4.78 is 24.1. The molecule has 1 aliphatic rings. The summed E-state index contributed by atoms with van der Waals surface area (Å²) in [6, 6.07) is 9.15. The van der Waals surface area contributed by atoms with E-state index in [4.69, 9.17) is 9.47 Å². The van der Waals surface area contributed by atoms with Crippen LogP contribution in [-0.4, -0.2) is 41.7 Å². The highest BCUT2D eigenvalue weighted by Gasteiger charge is 2.21. The number of pyridine rings is 1. The molecule has 2 aromatic rings. The number of halogens is 1. The van der Waals surface area contributed by atoms with Gasteiger partial charge in [-0.1, -0.05) is 0 Å². The van der Waals surface area contributed by atoms with Gasteiger partial charge in [-0.2, -0.15) is 11.8 Å². The highest BCUT2D eigenvalue weighted by Crippen LogP contribution is 2.24. The Morgan fingerprint density at radius 2 is 2.16 bits per heavy atom. The Balaban J connectivity index is 1.50. The molecule has 3 rings (SSSR count). The van der Waals surface area contributed by atoms with Crippen molar-refractivity contribution in [3.05, 3.63) is 54.0 Å². The molecule has 1 amide bonds. The Bertz CT molecular complexity index is 706. The van der Waals surface area contributed by atoms with E-state index in [0.717, 1.165) is 17.9 Å². The van der Waals surface area contributed by atoms with Crippen LogP contribution in [0.3, 0.4) is 0 Å². The van der Waals surface area contributed by atoms with E-state index < -0.39 is 0 Å². The maximum atomic E-state index is 12.8. The molecule has 2 heterocycles. The molecule has 5 nitrogen and oxygen atoms in total. The van der Waals surface area contributed by atoms with Gasteiger partial charge in [-0.3, -0.25) is 4.79 Å². The third-order valence-electron chi connectivity index (χ3n) is 3.65. The van der Waals surface area contributed by atoms with Crippen LogP contribution < -0.4 is 14.8 Å². The molecule has 132 valence electrons. The lowest BCUT2D eigenvalue weighted by Gasteiger charge is -2.14. The number of rotatable bonds is 7. The second kappa shape index (κ2) is 8.71. The van der Waals surface area contributed by atoms with Crippen LogP contribution in [-0.2, 0) is 0 Å². The van der Waals surface area contributed by atoms with Crippen molar-refractivity contribution in [2.24, 2.45) is 0 Å². The fraction of sp³-hybridized carbons (Fsp3) is 0.333. The van der Waals surface area contributed by atoms with Gasteiger partial charge in [0.1, 0.15) is 29.8 Å². The Labute approximate surface area is 149 Å². The summed E-state index contributed by atoms with van der Waals surface area (Å²) in [6.45, 7) is 0.608. The van der Waals surface area contributed by atoms with Crippen molar-refractivity contribution >= 4 is 17.7 Å². The Morgan fingerprint density at radius 1 is 1.32 bits per heavy atom. The number of hydrogen-bond donors (Lipinski definition) is 1. The van der Waals surface area contributed by atoms with Crippen LogP contribution in [0.25, 0.3) is 0 Å². The SMILES string of the molecule is O=C(NCCOc1ccc(F)cc1)c1cccnc1O[C@@H]1CCSC1. The molecule has 1 atom stereocenters. The molecule has 0 spiro atoms. The number of thioether (sulfide) groups is 1. The third kappa shape index (κ3) is 5.09. The van der Waals surface area contributed by atoms with E-state index >= 15 is 0 Å². The molecule has 0 unspecified atom stereocenters. The summed E-state index contributed by atoms with van der Waals surface area (Å²) in [4.78, 5) is 16.5. The zero-order valence-electron chi connectivity index (χ0n) is 13.6. The smallest absolute Gasteiger partial charge is 0.256 e. The van der Waals surface area contributed by atoms with Crippen molar-refractivity contribution in [3.63, 3.8) is 0 Å². The fourth-order valence-corrected chi connectivity index (χ4v) is 3.47. The molecule has 0 radical (unpaired) electrons. The molecule has 0 bridgehead atoms. The molecule has 1 aliphatic heterocycles. The zero-order valence-corrected chi connectivity index (χ0v) is 14.4. The summed E-state index contributed by atoms with van der Waals surface area (Å²) in [7, 11) is 0. The minimum atomic E-state index is -0.314. The highest BCUT2D eigenvalue weighted by atomic mass is 32.2. The molecule has 7 heteroatoms. The Kier molecular flexibility index (Phi) is 6.11. The first-order valence-electron chi connectivity index (χ1n) is 8.08. The molecule has 25 heavy (non-hydrogen) atoms. The van der Waals surface area contributed by atoms with Crippen LogP contribution in [0.4, 0.5) is 4.39 Å². The number of nitrogens with zero attached hydrogens (tertiary/aromatic N) is 1. The van der Waals surface area contributed by atoms with E-state index in [0.29, 0.717) is 23.7 Å². The molecular formula is C18H19FN2O3S. The number of nitrogens with one attached hydrogen (secondary N) is 1. The maximum Gasteiger partial charge on any atom is 0.256 e. The number of amides is 1. The summed E-state index contributed by atoms with van der Waals surface area (Å²) in [5.74, 6) is 2.34. The molecule has 1 saturated heterocycles. The molecule has 0 aliphatic carbocycles. The van der Waals surface area contributed by atoms with E-state index in [1.807, 2.05) is 11.8 Å². The van der Waals surface area contributed by atoms with Gasteiger partial charge in [0.15, 0.2) is 0 Å². The zero-order chi connectivity index (χ0) is 17.5. The number of carbonyl (C=O) groups is 1. The van der Waals surface area contributed by atoms with Crippen molar-refractivity contribution in [1.29, 1.82) is 0 Å². The van der Waals surface area contributed by atoms with Gasteiger partial charge in [0.05, 0.1) is 6.54 Å². The first-order chi connectivity index (χ1) is 12.2. The van der Waals surface area contributed by atoms with Gasteiger partial charge < -0.3 is 14.8 Å². The topological polar surface area (TPSA) is 60.5 Å². The molecule has 1 fully saturated rings. The fourth-order valence-electron chi connectivity index (χ4n) is 2.38. The average molecular weight is 362 g/mol. The van der Waals surface area contributed by atoms with E-state index in [1.54, 1.807) is 30.5 Å². The van der Waals surface area contributed by atoms with E-state index in [2.05, 4.69) is 10.3 Å². The predicted octanol–water partition coefficient (Wildman–Crippen LogP) is 2.91. The largest absolute Gasteiger partial charge is 0.492 e. The standard InChI is InChI=1S/C18H19FN2O3S/c19-13-3-5-14(6-4-13)23-10-9-20-17(22)16-2-1-8-21-18(16)24-15-7-11-25-12-15/h1-6,8,15H,7,9-12H2,(H,20,22)/t15-/m1/s1. The summed E-state index contributed by atoms with van der Waals surface area (Å²) in [5.41, 5.74) is 0.418. The van der Waals surface area contributed by atoms with Crippen LogP contribution in [0, 0.1) is 5.82 Å². The third-order valence-corrected chi connectivity index (χ3v) is 4.78. The predicted molar refractivity (Wildman–Crippen MR) is 94.8 cm³/mol. The molecule has 1 N–H and O–H groups in total. The summed E-state index contributed by atoms with van der Waals surface area (Å²) in [5, 5.41) is 2.78. The molecule has 1 aromatic heterocycles. The quantitative estimate of drug-likeness (QED) is 0.768. The highest BCUT2D eigenvalue weighted by molar-refractivity contribution is 7.99. The van der Waals surface area contributed by atoms with Gasteiger partial charge in [-0.05, 0) is 48.6 Å². The molecule has 1 aromatic carbocycles.